The van der Waals surface area contributed by atoms with E-state index in [-0.39, 0.29) is 16.9 Å². The average Bonchev–Trinajstić information content (AvgIpc) is 3.38. The van der Waals surface area contributed by atoms with E-state index < -0.39 is 11.9 Å². The molecule has 8 heteroatoms. The number of thiophene rings is 1. The topological polar surface area (TPSA) is 81.4 Å². The predicted molar refractivity (Wildman–Crippen MR) is 116 cm³/mol. The Kier molecular flexibility index (Phi) is 5.64. The number of ether oxygens (including phenoxy) is 1. The lowest BCUT2D eigenvalue weighted by Crippen LogP contribution is -2.15. The van der Waals surface area contributed by atoms with Gasteiger partial charge >= 0.3 is 5.97 Å². The molecule has 31 heavy (non-hydrogen) atoms. The van der Waals surface area contributed by atoms with Gasteiger partial charge in [0, 0.05) is 16.5 Å². The highest BCUT2D eigenvalue weighted by molar-refractivity contribution is 7.15. The first-order valence-electron chi connectivity index (χ1n) is 9.28. The molecule has 0 atom stereocenters. The molecule has 2 aromatic heterocycles. The zero-order valence-corrected chi connectivity index (χ0v) is 17.5. The highest BCUT2D eigenvalue weighted by Crippen LogP contribution is 2.37. The summed E-state index contributed by atoms with van der Waals surface area (Å²) in [7, 11) is 1.26. The van der Waals surface area contributed by atoms with E-state index in [1.807, 2.05) is 30.3 Å². The number of esters is 1. The minimum absolute atomic E-state index is 0.197. The van der Waals surface area contributed by atoms with Crippen molar-refractivity contribution in [3.63, 3.8) is 0 Å². The van der Waals surface area contributed by atoms with E-state index in [4.69, 9.17) is 9.26 Å². The van der Waals surface area contributed by atoms with Gasteiger partial charge in [0.05, 0.1) is 7.11 Å². The lowest BCUT2D eigenvalue weighted by atomic mass is 10.0. The zero-order chi connectivity index (χ0) is 22.0. The Morgan fingerprint density at radius 2 is 1.74 bits per heavy atom. The van der Waals surface area contributed by atoms with Crippen LogP contribution >= 0.6 is 11.3 Å². The summed E-state index contributed by atoms with van der Waals surface area (Å²) in [6.07, 6.45) is 0. The summed E-state index contributed by atoms with van der Waals surface area (Å²) < 4.78 is 23.5. The van der Waals surface area contributed by atoms with Gasteiger partial charge < -0.3 is 14.6 Å². The van der Waals surface area contributed by atoms with Crippen molar-refractivity contribution in [1.82, 2.24) is 5.16 Å². The fraction of sp³-hybridized carbons (Fsp3) is 0.0870. The molecular weight excluding hydrogens is 419 g/mol. The molecular formula is C23H17FN2O4S. The number of aryl methyl sites for hydroxylation is 1. The van der Waals surface area contributed by atoms with Gasteiger partial charge in [0.2, 0.25) is 0 Å². The minimum atomic E-state index is -0.610. The number of hydrogen-bond donors (Lipinski definition) is 1. The molecule has 0 radical (unpaired) electrons. The van der Waals surface area contributed by atoms with E-state index in [9.17, 15) is 14.0 Å². The van der Waals surface area contributed by atoms with E-state index in [0.717, 1.165) is 5.56 Å². The molecule has 0 aliphatic carbocycles. The maximum Gasteiger partial charge on any atom is 0.341 e. The van der Waals surface area contributed by atoms with Crippen molar-refractivity contribution in [2.24, 2.45) is 0 Å². The Morgan fingerprint density at radius 1 is 1.03 bits per heavy atom. The number of halogens is 1. The van der Waals surface area contributed by atoms with E-state index in [2.05, 4.69) is 10.5 Å². The Labute approximate surface area is 181 Å². The van der Waals surface area contributed by atoms with Crippen LogP contribution in [0.5, 0.6) is 0 Å². The SMILES string of the molecule is COC(=O)c1c(-c2ccc(F)cc2)csc1NC(=O)c1c(-c2ccccc2)noc1C. The van der Waals surface area contributed by atoms with Crippen LogP contribution in [-0.2, 0) is 4.74 Å². The van der Waals surface area contributed by atoms with Crippen molar-refractivity contribution in [2.75, 3.05) is 12.4 Å². The van der Waals surface area contributed by atoms with Crippen molar-refractivity contribution in [3.05, 3.63) is 82.7 Å². The average molecular weight is 436 g/mol. The van der Waals surface area contributed by atoms with Crippen molar-refractivity contribution in [1.29, 1.82) is 0 Å². The molecule has 0 unspecified atom stereocenters. The summed E-state index contributed by atoms with van der Waals surface area (Å²) in [4.78, 5) is 25.6. The molecule has 1 amide bonds. The third-order valence-corrected chi connectivity index (χ3v) is 5.60. The number of carbonyl (C=O) groups excluding carboxylic acids is 2. The highest BCUT2D eigenvalue weighted by atomic mass is 32.1. The molecule has 0 aliphatic heterocycles. The number of nitrogens with one attached hydrogen (secondary N) is 1. The summed E-state index contributed by atoms with van der Waals surface area (Å²) in [5, 5.41) is 8.84. The number of carbonyl (C=O) groups is 2. The van der Waals surface area contributed by atoms with E-state index >= 15 is 0 Å². The van der Waals surface area contributed by atoms with Gasteiger partial charge in [-0.3, -0.25) is 4.79 Å². The monoisotopic (exact) mass is 436 g/mol. The number of rotatable bonds is 5. The molecule has 6 nitrogen and oxygen atoms in total. The van der Waals surface area contributed by atoms with Crippen LogP contribution in [0.3, 0.4) is 0 Å². The molecule has 0 bridgehead atoms. The van der Waals surface area contributed by atoms with Gasteiger partial charge in [0.15, 0.2) is 0 Å². The molecule has 0 fully saturated rings. The van der Waals surface area contributed by atoms with Gasteiger partial charge in [0.25, 0.3) is 5.91 Å². The van der Waals surface area contributed by atoms with Gasteiger partial charge in [0.1, 0.15) is 33.4 Å². The number of hydrogen-bond acceptors (Lipinski definition) is 6. The van der Waals surface area contributed by atoms with Crippen LogP contribution in [0.4, 0.5) is 9.39 Å². The van der Waals surface area contributed by atoms with Gasteiger partial charge in [-0.25, -0.2) is 9.18 Å². The predicted octanol–water partition coefficient (Wildman–Crippen LogP) is 5.56. The summed E-state index contributed by atoms with van der Waals surface area (Å²) in [6.45, 7) is 1.65. The Balaban J connectivity index is 1.72. The third-order valence-electron chi connectivity index (χ3n) is 4.70. The largest absolute Gasteiger partial charge is 0.465 e. The fourth-order valence-electron chi connectivity index (χ4n) is 3.19. The fourth-order valence-corrected chi connectivity index (χ4v) is 4.15. The molecule has 0 spiro atoms. The smallest absolute Gasteiger partial charge is 0.341 e. The van der Waals surface area contributed by atoms with E-state index in [0.29, 0.717) is 27.6 Å². The van der Waals surface area contributed by atoms with Gasteiger partial charge in [-0.05, 0) is 24.6 Å². The summed E-state index contributed by atoms with van der Waals surface area (Å²) >= 11 is 1.17. The second kappa shape index (κ2) is 8.53. The maximum atomic E-state index is 13.3. The first-order chi connectivity index (χ1) is 15.0. The van der Waals surface area contributed by atoms with Gasteiger partial charge in [-0.15, -0.1) is 11.3 Å². The van der Waals surface area contributed by atoms with Crippen LogP contribution < -0.4 is 5.32 Å². The van der Waals surface area contributed by atoms with Crippen LogP contribution in [0.15, 0.2) is 64.5 Å². The van der Waals surface area contributed by atoms with Crippen molar-refractivity contribution in [3.8, 4) is 22.4 Å². The van der Waals surface area contributed by atoms with Crippen molar-refractivity contribution in [2.45, 2.75) is 6.92 Å². The number of benzene rings is 2. The minimum Gasteiger partial charge on any atom is -0.465 e. The molecule has 4 aromatic rings. The number of amides is 1. The summed E-state index contributed by atoms with van der Waals surface area (Å²) in [5.41, 5.74) is 2.78. The molecule has 0 aliphatic rings. The maximum absolute atomic E-state index is 13.3. The first kappa shape index (κ1) is 20.5. The standard InChI is InChI=1S/C23H17FN2O4S/c1-13-18(20(26-30-13)15-6-4-3-5-7-15)21(27)25-22-19(23(28)29-2)17(12-31-22)14-8-10-16(24)11-9-14/h3-12H,1-2H3,(H,25,27). The Bertz CT molecular complexity index is 1250. The van der Waals surface area contributed by atoms with Gasteiger partial charge in [-0.2, -0.15) is 0 Å². The van der Waals surface area contributed by atoms with E-state index in [1.54, 1.807) is 24.4 Å². The highest BCUT2D eigenvalue weighted by Gasteiger charge is 2.26. The summed E-state index contributed by atoms with van der Waals surface area (Å²) in [6, 6.07) is 14.9. The second-order valence-corrected chi connectivity index (χ2v) is 7.51. The second-order valence-electron chi connectivity index (χ2n) is 6.63. The molecule has 0 saturated carbocycles. The third kappa shape index (κ3) is 3.97. The van der Waals surface area contributed by atoms with Crippen molar-refractivity contribution >= 4 is 28.2 Å². The lowest BCUT2D eigenvalue weighted by Gasteiger charge is -2.08. The first-order valence-corrected chi connectivity index (χ1v) is 10.2. The number of aromatic nitrogens is 1. The lowest BCUT2D eigenvalue weighted by molar-refractivity contribution is 0.0603. The molecule has 4 rings (SSSR count). The van der Waals surface area contributed by atoms with Crippen LogP contribution in [0.25, 0.3) is 22.4 Å². The van der Waals surface area contributed by atoms with Crippen molar-refractivity contribution < 1.29 is 23.2 Å². The number of methoxy groups -OCH3 is 1. The van der Waals surface area contributed by atoms with Crippen LogP contribution in [-0.4, -0.2) is 24.1 Å². The van der Waals surface area contributed by atoms with Crippen LogP contribution in [0.1, 0.15) is 26.5 Å². The normalized spacial score (nSPS) is 10.7. The zero-order valence-electron chi connectivity index (χ0n) is 16.6. The Morgan fingerprint density at radius 3 is 2.42 bits per heavy atom. The molecule has 2 heterocycles. The Hall–Kier alpha value is -3.78. The quantitative estimate of drug-likeness (QED) is 0.415. The molecule has 0 saturated heterocycles. The molecule has 156 valence electrons. The summed E-state index contributed by atoms with van der Waals surface area (Å²) in [5.74, 6) is -1.11. The van der Waals surface area contributed by atoms with Crippen LogP contribution in [0.2, 0.25) is 0 Å². The molecule has 1 N–H and O–H groups in total. The van der Waals surface area contributed by atoms with E-state index in [1.165, 1.54) is 30.6 Å². The number of anilines is 1. The number of nitrogens with zero attached hydrogens (tertiary/aromatic N) is 1. The van der Waals surface area contributed by atoms with Gasteiger partial charge in [-0.1, -0.05) is 47.6 Å². The van der Waals surface area contributed by atoms with Crippen LogP contribution in [0, 0.1) is 12.7 Å². The molecule has 2 aromatic carbocycles.